The minimum Gasteiger partial charge on any atom is -0.396 e. The number of amides is 2. The van der Waals surface area contributed by atoms with Crippen LogP contribution in [0.4, 0.5) is 0 Å². The van der Waals surface area contributed by atoms with Crippen molar-refractivity contribution in [1.29, 1.82) is 0 Å². The minimum atomic E-state index is -0.655. The van der Waals surface area contributed by atoms with Crippen LogP contribution in [-0.2, 0) is 25.6 Å². The maximum absolute atomic E-state index is 13.8. The van der Waals surface area contributed by atoms with Crippen molar-refractivity contribution in [2.45, 2.75) is 18.6 Å². The van der Waals surface area contributed by atoms with E-state index in [-0.39, 0.29) is 37.1 Å². The van der Waals surface area contributed by atoms with Crippen molar-refractivity contribution in [1.82, 2.24) is 14.4 Å². The van der Waals surface area contributed by atoms with Gasteiger partial charge in [0.15, 0.2) is 0 Å². The summed E-state index contributed by atoms with van der Waals surface area (Å²) in [5.74, 6) is -1.52. The minimum absolute atomic E-state index is 0.117. The maximum atomic E-state index is 13.8. The SMILES string of the molecule is COCC(=O)N1[C@@H]2Cn3c(ccc(/C=C/c4ccccc4)c3=O)[C@H]1[C@@H](C(=O)N1CCOCC1)[C@@H]2CO. The highest BCUT2D eigenvalue weighted by atomic mass is 16.5. The molecule has 1 aromatic heterocycles. The molecule has 2 amide bonds. The van der Waals surface area contributed by atoms with Gasteiger partial charge in [-0.2, -0.15) is 0 Å². The maximum Gasteiger partial charge on any atom is 0.258 e. The normalized spacial score (nSPS) is 25.3. The van der Waals surface area contributed by atoms with Crippen molar-refractivity contribution in [2.75, 3.05) is 46.6 Å². The van der Waals surface area contributed by atoms with E-state index in [1.165, 1.54) is 7.11 Å². The molecule has 3 aliphatic heterocycles. The molecule has 2 saturated heterocycles. The first-order chi connectivity index (χ1) is 17.5. The number of fused-ring (bicyclic) bond motifs is 4. The summed E-state index contributed by atoms with van der Waals surface area (Å²) in [6.45, 7) is 1.66. The van der Waals surface area contributed by atoms with Gasteiger partial charge in [0.2, 0.25) is 11.8 Å². The van der Waals surface area contributed by atoms with Crippen LogP contribution >= 0.6 is 0 Å². The van der Waals surface area contributed by atoms with Crippen molar-refractivity contribution < 1.29 is 24.2 Å². The van der Waals surface area contributed by atoms with Gasteiger partial charge >= 0.3 is 0 Å². The monoisotopic (exact) mass is 493 g/mol. The number of aromatic nitrogens is 1. The number of aliphatic hydroxyl groups is 1. The molecule has 9 nitrogen and oxygen atoms in total. The number of methoxy groups -OCH3 is 1. The third-order valence-corrected chi connectivity index (χ3v) is 7.49. The van der Waals surface area contributed by atoms with Crippen molar-refractivity contribution in [3.05, 3.63) is 69.6 Å². The summed E-state index contributed by atoms with van der Waals surface area (Å²) in [7, 11) is 1.45. The van der Waals surface area contributed by atoms with Gasteiger partial charge in [0, 0.05) is 50.5 Å². The molecular formula is C27H31N3O6. The molecule has 4 atom stereocenters. The molecule has 3 aliphatic rings. The lowest BCUT2D eigenvalue weighted by atomic mass is 9.86. The molecule has 1 N–H and O–H groups in total. The fraction of sp³-hybridized carbons (Fsp3) is 0.444. The van der Waals surface area contributed by atoms with Crippen molar-refractivity contribution >= 4 is 24.0 Å². The van der Waals surface area contributed by atoms with Gasteiger partial charge in [-0.3, -0.25) is 14.4 Å². The highest BCUT2D eigenvalue weighted by molar-refractivity contribution is 5.85. The van der Waals surface area contributed by atoms with E-state index in [0.29, 0.717) is 37.6 Å². The number of rotatable bonds is 6. The Morgan fingerprint density at radius 3 is 2.56 bits per heavy atom. The second-order valence-electron chi connectivity index (χ2n) is 9.43. The van der Waals surface area contributed by atoms with Gasteiger partial charge in [0.05, 0.1) is 31.2 Å². The molecule has 5 rings (SSSR count). The number of carbonyl (C=O) groups excluding carboxylic acids is 2. The fourth-order valence-electron chi connectivity index (χ4n) is 5.82. The zero-order valence-electron chi connectivity index (χ0n) is 20.3. The summed E-state index contributed by atoms with van der Waals surface area (Å²) in [5.41, 5.74) is 1.94. The van der Waals surface area contributed by atoms with Gasteiger partial charge in [-0.25, -0.2) is 0 Å². The summed E-state index contributed by atoms with van der Waals surface area (Å²) in [5, 5.41) is 10.4. The van der Waals surface area contributed by atoms with Crippen LogP contribution in [0.25, 0.3) is 12.2 Å². The van der Waals surface area contributed by atoms with Crippen LogP contribution in [0.5, 0.6) is 0 Å². The third kappa shape index (κ3) is 4.27. The lowest BCUT2D eigenvalue weighted by molar-refractivity contribution is -0.144. The van der Waals surface area contributed by atoms with E-state index < -0.39 is 23.9 Å². The smallest absolute Gasteiger partial charge is 0.258 e. The first-order valence-electron chi connectivity index (χ1n) is 12.3. The molecule has 9 heteroatoms. The molecule has 0 unspecified atom stereocenters. The van der Waals surface area contributed by atoms with Crippen LogP contribution in [0.1, 0.15) is 22.9 Å². The molecule has 190 valence electrons. The van der Waals surface area contributed by atoms with E-state index >= 15 is 0 Å². The average Bonchev–Trinajstić information content (AvgIpc) is 3.16. The van der Waals surface area contributed by atoms with Gasteiger partial charge < -0.3 is 28.9 Å². The topological polar surface area (TPSA) is 101 Å². The first kappa shape index (κ1) is 24.4. The number of carbonyl (C=O) groups is 2. The van der Waals surface area contributed by atoms with Crippen molar-refractivity contribution in [3.8, 4) is 0 Å². The summed E-state index contributed by atoms with van der Waals surface area (Å²) < 4.78 is 12.2. The number of pyridine rings is 1. The van der Waals surface area contributed by atoms with Crippen LogP contribution in [0, 0.1) is 11.8 Å². The Morgan fingerprint density at radius 2 is 1.86 bits per heavy atom. The molecule has 0 spiro atoms. The zero-order valence-corrected chi connectivity index (χ0v) is 20.3. The van der Waals surface area contributed by atoms with Crippen LogP contribution in [0.2, 0.25) is 0 Å². The molecule has 1 aromatic carbocycles. The molecule has 2 aromatic rings. The molecule has 0 radical (unpaired) electrons. The Labute approximate surface area is 209 Å². The molecule has 0 saturated carbocycles. The highest BCUT2D eigenvalue weighted by Gasteiger charge is 2.58. The Hall–Kier alpha value is -3.27. The molecule has 2 bridgehead atoms. The number of hydrogen-bond acceptors (Lipinski definition) is 6. The Kier molecular flexibility index (Phi) is 7.04. The summed E-state index contributed by atoms with van der Waals surface area (Å²) in [4.78, 5) is 43.9. The van der Waals surface area contributed by atoms with Crippen LogP contribution < -0.4 is 5.56 Å². The second-order valence-corrected chi connectivity index (χ2v) is 9.43. The first-order valence-corrected chi connectivity index (χ1v) is 12.3. The van der Waals surface area contributed by atoms with E-state index in [4.69, 9.17) is 9.47 Å². The standard InChI is InChI=1S/C27H31N3O6/c1-35-17-23(32)30-22-15-29-21(10-9-19(26(29)33)8-7-18-5-3-2-4-6-18)25(30)24(20(22)16-31)27(34)28-11-13-36-14-12-28/h2-10,20,22,24-25,31H,11-17H2,1H3/b8-7+/t20-,22-,24+,25+/m1/s1. The molecular weight excluding hydrogens is 462 g/mol. The Balaban J connectivity index is 1.56. The van der Waals surface area contributed by atoms with Crippen LogP contribution in [0.15, 0.2) is 47.3 Å². The van der Waals surface area contributed by atoms with E-state index in [1.807, 2.05) is 42.5 Å². The second kappa shape index (κ2) is 10.4. The molecule has 2 fully saturated rings. The summed E-state index contributed by atoms with van der Waals surface area (Å²) in [6.07, 6.45) is 3.67. The molecule has 36 heavy (non-hydrogen) atoms. The van der Waals surface area contributed by atoms with Gasteiger partial charge in [-0.15, -0.1) is 0 Å². The van der Waals surface area contributed by atoms with Gasteiger partial charge in [-0.1, -0.05) is 36.4 Å². The highest BCUT2D eigenvalue weighted by Crippen LogP contribution is 2.49. The van der Waals surface area contributed by atoms with E-state index in [2.05, 4.69) is 0 Å². The summed E-state index contributed by atoms with van der Waals surface area (Å²) in [6, 6.07) is 12.2. The largest absolute Gasteiger partial charge is 0.396 e. The lowest BCUT2D eigenvalue weighted by Crippen LogP contribution is -2.50. The lowest BCUT2D eigenvalue weighted by Gasteiger charge is -2.38. The van der Waals surface area contributed by atoms with Crippen LogP contribution in [-0.4, -0.2) is 84.0 Å². The Morgan fingerprint density at radius 1 is 1.11 bits per heavy atom. The predicted molar refractivity (Wildman–Crippen MR) is 133 cm³/mol. The van der Waals surface area contributed by atoms with Crippen molar-refractivity contribution in [3.63, 3.8) is 0 Å². The third-order valence-electron chi connectivity index (χ3n) is 7.49. The van der Waals surface area contributed by atoms with E-state index in [0.717, 1.165) is 5.56 Å². The summed E-state index contributed by atoms with van der Waals surface area (Å²) >= 11 is 0. The number of aliphatic hydroxyl groups excluding tert-OH is 1. The number of ether oxygens (including phenoxy) is 2. The van der Waals surface area contributed by atoms with E-state index in [1.54, 1.807) is 26.5 Å². The molecule has 0 aliphatic carbocycles. The van der Waals surface area contributed by atoms with Gasteiger partial charge in [0.1, 0.15) is 6.61 Å². The zero-order chi connectivity index (χ0) is 25.2. The Bertz CT molecular complexity index is 1200. The van der Waals surface area contributed by atoms with E-state index in [9.17, 15) is 19.5 Å². The van der Waals surface area contributed by atoms with Crippen molar-refractivity contribution in [2.24, 2.45) is 11.8 Å². The number of morpholine rings is 1. The molecule has 4 heterocycles. The quantitative estimate of drug-likeness (QED) is 0.645. The van der Waals surface area contributed by atoms with Gasteiger partial charge in [0.25, 0.3) is 5.56 Å². The van der Waals surface area contributed by atoms with Gasteiger partial charge in [-0.05, 0) is 23.8 Å². The fourth-order valence-corrected chi connectivity index (χ4v) is 5.82. The van der Waals surface area contributed by atoms with Crippen LogP contribution in [0.3, 0.4) is 0 Å². The number of nitrogens with zero attached hydrogens (tertiary/aromatic N) is 3. The number of benzene rings is 1. The predicted octanol–water partition coefficient (Wildman–Crippen LogP) is 1.01. The average molecular weight is 494 g/mol. The number of hydrogen-bond donors (Lipinski definition) is 1.